The SMILES string of the molecule is COCCOCCNC(C)(C)CCOCCOCCOCCOCCNC(C)(C)C. The van der Waals surface area contributed by atoms with Crippen molar-refractivity contribution in [2.75, 3.05) is 92.9 Å². The zero-order valence-electron chi connectivity index (χ0n) is 20.3. The molecule has 0 aromatic heterocycles. The summed E-state index contributed by atoms with van der Waals surface area (Å²) in [6.07, 6.45) is 0.930. The lowest BCUT2D eigenvalue weighted by Crippen LogP contribution is -2.42. The fourth-order valence-electron chi connectivity index (χ4n) is 2.38. The van der Waals surface area contributed by atoms with Crippen LogP contribution in [0.3, 0.4) is 0 Å². The Morgan fingerprint density at radius 2 is 0.900 bits per heavy atom. The van der Waals surface area contributed by atoms with Crippen molar-refractivity contribution < 1.29 is 28.4 Å². The maximum atomic E-state index is 5.66. The Morgan fingerprint density at radius 3 is 1.37 bits per heavy atom. The Kier molecular flexibility index (Phi) is 19.2. The van der Waals surface area contributed by atoms with Crippen LogP contribution in [0.4, 0.5) is 0 Å². The van der Waals surface area contributed by atoms with Gasteiger partial charge in [-0.2, -0.15) is 0 Å². The first-order valence-corrected chi connectivity index (χ1v) is 11.1. The van der Waals surface area contributed by atoms with Gasteiger partial charge in [0.15, 0.2) is 0 Å². The predicted octanol–water partition coefficient (Wildman–Crippen LogP) is 1.86. The van der Waals surface area contributed by atoms with Gasteiger partial charge in [-0.25, -0.2) is 0 Å². The second kappa shape index (κ2) is 19.4. The largest absolute Gasteiger partial charge is 0.382 e. The van der Waals surface area contributed by atoms with E-state index in [4.69, 9.17) is 28.4 Å². The second-order valence-corrected chi connectivity index (χ2v) is 8.79. The van der Waals surface area contributed by atoms with Crippen LogP contribution in [0.15, 0.2) is 0 Å². The number of rotatable bonds is 22. The molecule has 0 spiro atoms. The predicted molar refractivity (Wildman–Crippen MR) is 120 cm³/mol. The molecule has 0 aliphatic rings. The lowest BCUT2D eigenvalue weighted by molar-refractivity contribution is -0.00358. The molecule has 0 aromatic carbocycles. The Labute approximate surface area is 184 Å². The van der Waals surface area contributed by atoms with E-state index in [9.17, 15) is 0 Å². The molecule has 182 valence electrons. The number of methoxy groups -OCH3 is 1. The van der Waals surface area contributed by atoms with Crippen molar-refractivity contribution >= 4 is 0 Å². The molecule has 0 atom stereocenters. The summed E-state index contributed by atoms with van der Waals surface area (Å²) in [5.41, 5.74) is 0.150. The summed E-state index contributed by atoms with van der Waals surface area (Å²) in [5, 5.41) is 6.86. The van der Waals surface area contributed by atoms with Crippen molar-refractivity contribution in [3.8, 4) is 0 Å². The summed E-state index contributed by atoms with van der Waals surface area (Å²) in [5.74, 6) is 0. The minimum absolute atomic E-state index is 0.0180. The van der Waals surface area contributed by atoms with Gasteiger partial charge in [0.25, 0.3) is 0 Å². The zero-order chi connectivity index (χ0) is 22.6. The van der Waals surface area contributed by atoms with Crippen molar-refractivity contribution in [1.29, 1.82) is 0 Å². The molecule has 2 N–H and O–H groups in total. The molecule has 0 aromatic rings. The molecule has 0 saturated heterocycles. The molecule has 0 bridgehead atoms. The van der Waals surface area contributed by atoms with Gasteiger partial charge in [-0.05, 0) is 41.0 Å². The quantitative estimate of drug-likeness (QED) is 0.249. The number of ether oxygens (including phenoxy) is 6. The molecule has 8 heteroatoms. The minimum atomic E-state index is 0.0180. The topological polar surface area (TPSA) is 79.4 Å². The Hall–Kier alpha value is -0.320. The Morgan fingerprint density at radius 1 is 0.500 bits per heavy atom. The minimum Gasteiger partial charge on any atom is -0.382 e. The molecule has 0 unspecified atom stereocenters. The molecule has 0 saturated carbocycles. The molecular weight excluding hydrogens is 388 g/mol. The molecule has 0 aliphatic heterocycles. The van der Waals surface area contributed by atoms with E-state index < -0.39 is 0 Å². The average molecular weight is 437 g/mol. The fraction of sp³-hybridized carbons (Fsp3) is 1.00. The van der Waals surface area contributed by atoms with Gasteiger partial charge in [-0.3, -0.25) is 0 Å². The molecule has 0 rings (SSSR count). The summed E-state index contributed by atoms with van der Waals surface area (Å²) in [4.78, 5) is 0. The van der Waals surface area contributed by atoms with Gasteiger partial charge in [-0.15, -0.1) is 0 Å². The van der Waals surface area contributed by atoms with Crippen LogP contribution >= 0.6 is 0 Å². The van der Waals surface area contributed by atoms with Gasteiger partial charge < -0.3 is 39.1 Å². The van der Waals surface area contributed by atoms with E-state index in [1.807, 2.05) is 0 Å². The maximum Gasteiger partial charge on any atom is 0.0701 e. The Bertz CT molecular complexity index is 364. The summed E-state index contributed by atoms with van der Waals surface area (Å²) < 4.78 is 32.6. The van der Waals surface area contributed by atoms with Crippen LogP contribution < -0.4 is 10.6 Å². The molecule has 0 amide bonds. The average Bonchev–Trinajstić information content (AvgIpc) is 2.66. The van der Waals surface area contributed by atoms with E-state index in [2.05, 4.69) is 45.3 Å². The molecule has 0 heterocycles. The standard InChI is InChI=1S/C22H48N2O6/c1-21(2,3)23-8-11-28-16-18-30-20-19-29-17-15-26-10-7-22(4,5)24-9-12-27-14-13-25-6/h23-24H,7-20H2,1-6H3. The van der Waals surface area contributed by atoms with Gasteiger partial charge in [0.1, 0.15) is 0 Å². The van der Waals surface area contributed by atoms with Gasteiger partial charge in [0.05, 0.1) is 66.1 Å². The van der Waals surface area contributed by atoms with Crippen LogP contribution in [0.25, 0.3) is 0 Å². The van der Waals surface area contributed by atoms with Crippen molar-refractivity contribution in [1.82, 2.24) is 10.6 Å². The van der Waals surface area contributed by atoms with Gasteiger partial charge in [-0.1, -0.05) is 0 Å². The lowest BCUT2D eigenvalue weighted by atomic mass is 10.0. The van der Waals surface area contributed by atoms with Crippen LogP contribution in [-0.4, -0.2) is 104 Å². The maximum absolute atomic E-state index is 5.66. The van der Waals surface area contributed by atoms with Crippen LogP contribution in [0, 0.1) is 0 Å². The third-order valence-electron chi connectivity index (χ3n) is 4.17. The summed E-state index contributed by atoms with van der Waals surface area (Å²) in [6.45, 7) is 19.3. The monoisotopic (exact) mass is 436 g/mol. The van der Waals surface area contributed by atoms with Gasteiger partial charge in [0, 0.05) is 37.9 Å². The van der Waals surface area contributed by atoms with Crippen LogP contribution in [0.1, 0.15) is 41.0 Å². The van der Waals surface area contributed by atoms with Crippen LogP contribution in [0.5, 0.6) is 0 Å². The van der Waals surface area contributed by atoms with Crippen LogP contribution in [-0.2, 0) is 28.4 Å². The third-order valence-corrected chi connectivity index (χ3v) is 4.17. The Balaban J connectivity index is 3.28. The molecular formula is C22H48N2O6. The normalized spacial score (nSPS) is 12.6. The highest BCUT2D eigenvalue weighted by Gasteiger charge is 2.16. The van der Waals surface area contributed by atoms with Gasteiger partial charge >= 0.3 is 0 Å². The molecule has 8 nitrogen and oxygen atoms in total. The zero-order valence-corrected chi connectivity index (χ0v) is 20.3. The second-order valence-electron chi connectivity index (χ2n) is 8.79. The first-order chi connectivity index (χ1) is 14.3. The highest BCUT2D eigenvalue weighted by Crippen LogP contribution is 2.07. The van der Waals surface area contributed by atoms with Crippen molar-refractivity contribution in [2.24, 2.45) is 0 Å². The molecule has 0 aliphatic carbocycles. The number of nitrogens with one attached hydrogen (secondary N) is 2. The number of hydrogen-bond donors (Lipinski definition) is 2. The molecule has 0 radical (unpaired) electrons. The molecule has 0 fully saturated rings. The fourth-order valence-corrected chi connectivity index (χ4v) is 2.38. The van der Waals surface area contributed by atoms with E-state index in [0.29, 0.717) is 72.7 Å². The van der Waals surface area contributed by atoms with E-state index in [1.54, 1.807) is 7.11 Å². The summed E-state index contributed by atoms with van der Waals surface area (Å²) in [7, 11) is 1.68. The van der Waals surface area contributed by atoms with Gasteiger partial charge in [0.2, 0.25) is 0 Å². The number of hydrogen-bond acceptors (Lipinski definition) is 8. The highest BCUT2D eigenvalue weighted by molar-refractivity contribution is 4.76. The summed E-state index contributed by atoms with van der Waals surface area (Å²) >= 11 is 0. The first kappa shape index (κ1) is 29.7. The van der Waals surface area contributed by atoms with E-state index in [-0.39, 0.29) is 11.1 Å². The van der Waals surface area contributed by atoms with Crippen molar-refractivity contribution in [3.05, 3.63) is 0 Å². The van der Waals surface area contributed by atoms with E-state index >= 15 is 0 Å². The highest BCUT2D eigenvalue weighted by atomic mass is 16.6. The third kappa shape index (κ3) is 24.0. The van der Waals surface area contributed by atoms with Crippen LogP contribution in [0.2, 0.25) is 0 Å². The van der Waals surface area contributed by atoms with E-state index in [0.717, 1.165) is 19.5 Å². The lowest BCUT2D eigenvalue weighted by Gasteiger charge is -2.26. The molecule has 30 heavy (non-hydrogen) atoms. The van der Waals surface area contributed by atoms with Crippen molar-refractivity contribution in [2.45, 2.75) is 52.1 Å². The first-order valence-electron chi connectivity index (χ1n) is 11.1. The van der Waals surface area contributed by atoms with Crippen molar-refractivity contribution in [3.63, 3.8) is 0 Å². The van der Waals surface area contributed by atoms with E-state index in [1.165, 1.54) is 0 Å². The summed E-state index contributed by atoms with van der Waals surface area (Å²) in [6, 6.07) is 0. The smallest absolute Gasteiger partial charge is 0.0701 e.